The second-order valence-electron chi connectivity index (χ2n) is 13.1. The predicted octanol–water partition coefficient (Wildman–Crippen LogP) is 12.8. The number of rotatable bonds is 6. The predicted molar refractivity (Wildman–Crippen MR) is 198 cm³/mol. The molecular weight excluding hydrogens is 556 g/mol. The van der Waals surface area contributed by atoms with Crippen LogP contribution in [0.5, 0.6) is 0 Å². The van der Waals surface area contributed by atoms with Gasteiger partial charge in [0.25, 0.3) is 0 Å². The van der Waals surface area contributed by atoms with E-state index in [0.717, 1.165) is 34.1 Å². The van der Waals surface area contributed by atoms with E-state index in [0.29, 0.717) is 0 Å². The number of anilines is 6. The van der Waals surface area contributed by atoms with Gasteiger partial charge in [0, 0.05) is 38.9 Å². The summed E-state index contributed by atoms with van der Waals surface area (Å²) in [5, 5.41) is 7.62. The van der Waals surface area contributed by atoms with Crippen molar-refractivity contribution in [1.82, 2.24) is 0 Å². The van der Waals surface area contributed by atoms with Gasteiger partial charge in [0.05, 0.1) is 11.4 Å². The first-order valence-electron chi connectivity index (χ1n) is 16.0. The molecule has 0 aliphatic rings. The number of hydrogen-bond donors (Lipinski definition) is 0. The normalized spacial score (nSPS) is 11.8. The third-order valence-corrected chi connectivity index (χ3v) is 9.08. The summed E-state index contributed by atoms with van der Waals surface area (Å²) in [7, 11) is 0. The lowest BCUT2D eigenvalue weighted by molar-refractivity contribution is 0.591. The van der Waals surface area contributed by atoms with Gasteiger partial charge in [-0.1, -0.05) is 130 Å². The molecule has 0 aliphatic heterocycles. The molecule has 0 saturated carbocycles. The lowest BCUT2D eigenvalue weighted by Gasteiger charge is -2.32. The van der Waals surface area contributed by atoms with Crippen LogP contribution in [0.1, 0.15) is 26.3 Å². The molecule has 0 aromatic heterocycles. The highest BCUT2D eigenvalue weighted by atomic mass is 15.2. The Labute approximate surface area is 271 Å². The van der Waals surface area contributed by atoms with Crippen LogP contribution >= 0.6 is 0 Å². The van der Waals surface area contributed by atoms with Crippen molar-refractivity contribution >= 4 is 66.4 Å². The maximum atomic E-state index is 2.41. The van der Waals surface area contributed by atoms with Crippen LogP contribution in [0.25, 0.3) is 32.3 Å². The summed E-state index contributed by atoms with van der Waals surface area (Å²) in [4.78, 5) is 4.81. The Morgan fingerprint density at radius 2 is 0.717 bits per heavy atom. The summed E-state index contributed by atoms with van der Waals surface area (Å²) in [5.74, 6) is 0. The van der Waals surface area contributed by atoms with Crippen molar-refractivity contribution in [3.63, 3.8) is 0 Å². The van der Waals surface area contributed by atoms with Crippen LogP contribution in [-0.2, 0) is 5.41 Å². The molecule has 0 heterocycles. The first kappa shape index (κ1) is 27.9. The minimum absolute atomic E-state index is 0.0512. The maximum Gasteiger partial charge on any atom is 0.0561 e. The molecule has 0 unspecified atom stereocenters. The quantitative estimate of drug-likeness (QED) is 0.177. The Kier molecular flexibility index (Phi) is 6.73. The van der Waals surface area contributed by atoms with Gasteiger partial charge in [0.15, 0.2) is 0 Å². The van der Waals surface area contributed by atoms with Crippen molar-refractivity contribution in [2.75, 3.05) is 9.80 Å². The van der Waals surface area contributed by atoms with Gasteiger partial charge in [-0.3, -0.25) is 0 Å². The fraction of sp³-hybridized carbons (Fsp3) is 0.0909. The zero-order chi connectivity index (χ0) is 31.3. The Hall–Kier alpha value is -5.60. The Morgan fingerprint density at radius 3 is 1.04 bits per heavy atom. The minimum atomic E-state index is 0.0512. The van der Waals surface area contributed by atoms with Gasteiger partial charge in [-0.15, -0.1) is 0 Å². The van der Waals surface area contributed by atoms with E-state index in [1.807, 2.05) is 0 Å². The molecule has 8 aromatic rings. The van der Waals surface area contributed by atoms with E-state index in [9.17, 15) is 0 Å². The average Bonchev–Trinajstić information content (AvgIpc) is 3.09. The molecule has 222 valence electrons. The number of nitrogens with zero attached hydrogens (tertiary/aromatic N) is 2. The lowest BCUT2D eigenvalue weighted by Crippen LogP contribution is -2.14. The Morgan fingerprint density at radius 1 is 0.370 bits per heavy atom. The highest BCUT2D eigenvalue weighted by molar-refractivity contribution is 6.29. The summed E-state index contributed by atoms with van der Waals surface area (Å²) in [6, 6.07) is 59.4. The third-order valence-electron chi connectivity index (χ3n) is 9.08. The molecule has 2 nitrogen and oxygen atoms in total. The molecule has 0 spiro atoms. The Balaban J connectivity index is 1.54. The van der Waals surface area contributed by atoms with Crippen LogP contribution in [-0.4, -0.2) is 0 Å². The van der Waals surface area contributed by atoms with Crippen molar-refractivity contribution in [3.8, 4) is 0 Å². The van der Waals surface area contributed by atoms with Gasteiger partial charge in [0.2, 0.25) is 0 Å². The first-order valence-corrected chi connectivity index (χ1v) is 16.0. The SMILES string of the molecule is CC(C)(C)c1cc2ccc3c(N(c4ccccc4)c4ccccc4)cc(N(c4ccccc4)c4ccccc4)c4ccc(c1)c2c34. The van der Waals surface area contributed by atoms with E-state index >= 15 is 0 Å². The molecule has 0 saturated heterocycles. The van der Waals surface area contributed by atoms with E-state index in [1.54, 1.807) is 0 Å². The van der Waals surface area contributed by atoms with Crippen molar-refractivity contribution in [2.45, 2.75) is 26.2 Å². The zero-order valence-electron chi connectivity index (χ0n) is 26.5. The van der Waals surface area contributed by atoms with Gasteiger partial charge in [-0.05, 0) is 81.7 Å². The van der Waals surface area contributed by atoms with Crippen LogP contribution in [0.3, 0.4) is 0 Å². The van der Waals surface area contributed by atoms with Crippen LogP contribution < -0.4 is 9.80 Å². The summed E-state index contributed by atoms with van der Waals surface area (Å²) >= 11 is 0. The third kappa shape index (κ3) is 4.74. The van der Waals surface area contributed by atoms with E-state index in [2.05, 4.69) is 194 Å². The highest BCUT2D eigenvalue weighted by Crippen LogP contribution is 2.50. The Bertz CT molecular complexity index is 2040. The van der Waals surface area contributed by atoms with Crippen LogP contribution in [0, 0.1) is 0 Å². The lowest BCUT2D eigenvalue weighted by atomic mass is 9.83. The van der Waals surface area contributed by atoms with Gasteiger partial charge in [0.1, 0.15) is 0 Å². The molecule has 0 aliphatic carbocycles. The zero-order valence-corrected chi connectivity index (χ0v) is 26.5. The molecule has 0 fully saturated rings. The maximum absolute atomic E-state index is 2.41. The van der Waals surface area contributed by atoms with Gasteiger partial charge >= 0.3 is 0 Å². The van der Waals surface area contributed by atoms with Crippen LogP contribution in [0.4, 0.5) is 34.1 Å². The summed E-state index contributed by atoms with van der Waals surface area (Å²) in [6.07, 6.45) is 0. The molecule has 0 radical (unpaired) electrons. The van der Waals surface area contributed by atoms with Crippen LogP contribution in [0.15, 0.2) is 164 Å². The smallest absolute Gasteiger partial charge is 0.0561 e. The molecule has 2 heteroatoms. The fourth-order valence-electron chi connectivity index (χ4n) is 6.84. The van der Waals surface area contributed by atoms with Crippen molar-refractivity contribution in [1.29, 1.82) is 0 Å². The van der Waals surface area contributed by atoms with Crippen molar-refractivity contribution in [2.24, 2.45) is 0 Å². The van der Waals surface area contributed by atoms with Gasteiger partial charge in [-0.2, -0.15) is 0 Å². The molecular formula is C44H36N2. The second kappa shape index (κ2) is 11.1. The summed E-state index contributed by atoms with van der Waals surface area (Å²) in [5.41, 5.74) is 8.18. The monoisotopic (exact) mass is 592 g/mol. The van der Waals surface area contributed by atoms with E-state index in [-0.39, 0.29) is 5.41 Å². The van der Waals surface area contributed by atoms with Crippen molar-refractivity contribution in [3.05, 3.63) is 169 Å². The summed E-state index contributed by atoms with van der Waals surface area (Å²) < 4.78 is 0. The standard InChI is InChI=1S/C44H36N2/c1-44(2,3)33-28-31-24-26-38-40(45(34-16-8-4-9-17-34)35-18-10-5-11-19-35)30-41(39-27-25-32(29-33)42(31)43(38)39)46(36-20-12-6-13-21-36)37-22-14-7-15-23-37/h4-30H,1-3H3. The molecule has 0 amide bonds. The summed E-state index contributed by atoms with van der Waals surface area (Å²) in [6.45, 7) is 6.89. The fourth-order valence-corrected chi connectivity index (χ4v) is 6.84. The average molecular weight is 593 g/mol. The van der Waals surface area contributed by atoms with E-state index in [1.165, 1.54) is 37.9 Å². The van der Waals surface area contributed by atoms with Gasteiger partial charge in [-0.25, -0.2) is 0 Å². The molecule has 46 heavy (non-hydrogen) atoms. The second-order valence-corrected chi connectivity index (χ2v) is 13.1. The van der Waals surface area contributed by atoms with E-state index < -0.39 is 0 Å². The molecule has 8 rings (SSSR count). The molecule has 0 atom stereocenters. The van der Waals surface area contributed by atoms with Crippen LogP contribution in [0.2, 0.25) is 0 Å². The number of para-hydroxylation sites is 4. The van der Waals surface area contributed by atoms with Crippen molar-refractivity contribution < 1.29 is 0 Å². The largest absolute Gasteiger partial charge is 0.310 e. The molecule has 0 N–H and O–H groups in total. The first-order chi connectivity index (χ1) is 22.5. The highest BCUT2D eigenvalue weighted by Gasteiger charge is 2.25. The number of hydrogen-bond acceptors (Lipinski definition) is 2. The topological polar surface area (TPSA) is 6.48 Å². The number of benzene rings is 8. The molecule has 0 bridgehead atoms. The van der Waals surface area contributed by atoms with Gasteiger partial charge < -0.3 is 9.80 Å². The minimum Gasteiger partial charge on any atom is -0.310 e. The molecule has 8 aromatic carbocycles. The van der Waals surface area contributed by atoms with E-state index in [4.69, 9.17) is 0 Å².